The number of hydrogen-bond acceptors (Lipinski definition) is 4. The molecule has 1 aliphatic heterocycles. The second-order valence-electron chi connectivity index (χ2n) is 6.88. The van der Waals surface area contributed by atoms with Crippen molar-refractivity contribution in [3.63, 3.8) is 0 Å². The van der Waals surface area contributed by atoms with E-state index in [4.69, 9.17) is 4.74 Å². The molecule has 7 nitrogen and oxygen atoms in total. The van der Waals surface area contributed by atoms with Gasteiger partial charge in [0.1, 0.15) is 17.8 Å². The Morgan fingerprint density at radius 2 is 1.82 bits per heavy atom. The number of nitrogens with one attached hydrogen (secondary N) is 1. The fourth-order valence-electron chi connectivity index (χ4n) is 3.07. The molecule has 1 aromatic carbocycles. The summed E-state index contributed by atoms with van der Waals surface area (Å²) < 4.78 is 5.14. The molecule has 2 rings (SSSR count). The van der Waals surface area contributed by atoms with Crippen molar-refractivity contribution in [3.05, 3.63) is 55.1 Å². The van der Waals surface area contributed by atoms with Gasteiger partial charge in [-0.2, -0.15) is 0 Å². The third kappa shape index (κ3) is 4.79. The van der Waals surface area contributed by atoms with Crippen LogP contribution in [0.4, 0.5) is 4.79 Å². The molecule has 1 fully saturated rings. The average molecular weight is 385 g/mol. The van der Waals surface area contributed by atoms with E-state index < -0.39 is 17.5 Å². The van der Waals surface area contributed by atoms with Crippen LogP contribution >= 0.6 is 0 Å². The van der Waals surface area contributed by atoms with Gasteiger partial charge < -0.3 is 15.0 Å². The zero-order valence-electron chi connectivity index (χ0n) is 16.4. The molecule has 1 saturated heterocycles. The number of hydrogen-bond donors (Lipinski definition) is 1. The molecular formula is C21H27N3O4. The van der Waals surface area contributed by atoms with Crippen LogP contribution in [0.15, 0.2) is 49.6 Å². The molecule has 0 aliphatic carbocycles. The van der Waals surface area contributed by atoms with Gasteiger partial charge in [-0.05, 0) is 37.5 Å². The molecule has 0 unspecified atom stereocenters. The van der Waals surface area contributed by atoms with Crippen LogP contribution in [-0.2, 0) is 16.0 Å². The van der Waals surface area contributed by atoms with E-state index >= 15 is 0 Å². The van der Waals surface area contributed by atoms with E-state index in [1.54, 1.807) is 26.2 Å². The molecule has 1 heterocycles. The number of benzene rings is 1. The Balaban J connectivity index is 2.02. The molecule has 1 atom stereocenters. The quantitative estimate of drug-likeness (QED) is 0.494. The van der Waals surface area contributed by atoms with Gasteiger partial charge in [-0.1, -0.05) is 24.3 Å². The maximum absolute atomic E-state index is 12.8. The van der Waals surface area contributed by atoms with Crippen molar-refractivity contribution in [2.24, 2.45) is 0 Å². The minimum absolute atomic E-state index is 0.301. The second kappa shape index (κ2) is 9.21. The summed E-state index contributed by atoms with van der Waals surface area (Å²) in [7, 11) is 1.60. The van der Waals surface area contributed by atoms with Gasteiger partial charge in [0.05, 0.1) is 7.11 Å². The highest BCUT2D eigenvalue weighted by atomic mass is 16.5. The molecular weight excluding hydrogens is 358 g/mol. The van der Waals surface area contributed by atoms with E-state index in [9.17, 15) is 14.4 Å². The van der Waals surface area contributed by atoms with Crippen molar-refractivity contribution >= 4 is 17.8 Å². The van der Waals surface area contributed by atoms with Crippen molar-refractivity contribution < 1.29 is 19.1 Å². The molecule has 28 heavy (non-hydrogen) atoms. The first-order chi connectivity index (χ1) is 13.3. The molecule has 0 aromatic heterocycles. The number of carbonyl (C=O) groups excluding carboxylic acids is 3. The van der Waals surface area contributed by atoms with E-state index in [-0.39, 0.29) is 12.5 Å². The third-order valence-corrected chi connectivity index (χ3v) is 4.76. The summed E-state index contributed by atoms with van der Waals surface area (Å²) in [6.45, 7) is 9.27. The Kier molecular flexibility index (Phi) is 6.98. The van der Waals surface area contributed by atoms with Crippen molar-refractivity contribution in [2.75, 3.05) is 26.7 Å². The van der Waals surface area contributed by atoms with E-state index in [1.807, 2.05) is 24.3 Å². The van der Waals surface area contributed by atoms with Crippen LogP contribution in [0.25, 0.3) is 0 Å². The first kappa shape index (κ1) is 21.2. The minimum Gasteiger partial charge on any atom is -0.497 e. The lowest BCUT2D eigenvalue weighted by molar-refractivity contribution is -0.138. The van der Waals surface area contributed by atoms with Crippen molar-refractivity contribution in [1.29, 1.82) is 0 Å². The lowest BCUT2D eigenvalue weighted by atomic mass is 9.93. The molecule has 150 valence electrons. The fourth-order valence-corrected chi connectivity index (χ4v) is 3.07. The SMILES string of the molecule is C=CCN(CC=C)C(=O)CN1C(=O)N[C@](C)(CCc2ccc(OC)cc2)C1=O. The lowest BCUT2D eigenvalue weighted by Crippen LogP contribution is -2.46. The molecule has 0 bridgehead atoms. The fraction of sp³-hybridized carbons (Fsp3) is 0.381. The van der Waals surface area contributed by atoms with Crippen LogP contribution in [0, 0.1) is 0 Å². The average Bonchev–Trinajstić information content (AvgIpc) is 2.90. The van der Waals surface area contributed by atoms with E-state index in [1.165, 1.54) is 4.90 Å². The van der Waals surface area contributed by atoms with Gasteiger partial charge in [0.15, 0.2) is 0 Å². The maximum atomic E-state index is 12.8. The van der Waals surface area contributed by atoms with Crippen LogP contribution in [0.3, 0.4) is 0 Å². The van der Waals surface area contributed by atoms with Gasteiger partial charge in [0, 0.05) is 13.1 Å². The summed E-state index contributed by atoms with van der Waals surface area (Å²) in [4.78, 5) is 40.1. The van der Waals surface area contributed by atoms with Crippen molar-refractivity contribution in [1.82, 2.24) is 15.1 Å². The summed E-state index contributed by atoms with van der Waals surface area (Å²) in [5.41, 5.74) is -0.0133. The maximum Gasteiger partial charge on any atom is 0.325 e. The number of nitrogens with zero attached hydrogens (tertiary/aromatic N) is 2. The summed E-state index contributed by atoms with van der Waals surface area (Å²) in [5.74, 6) is 0.0349. The number of urea groups is 1. The van der Waals surface area contributed by atoms with Gasteiger partial charge in [0.2, 0.25) is 5.91 Å². The number of methoxy groups -OCH3 is 1. The Bertz CT molecular complexity index is 749. The van der Waals surface area contributed by atoms with Gasteiger partial charge >= 0.3 is 6.03 Å². The van der Waals surface area contributed by atoms with Crippen LogP contribution in [-0.4, -0.2) is 59.9 Å². The van der Waals surface area contributed by atoms with E-state index in [0.717, 1.165) is 16.2 Å². The summed E-state index contributed by atoms with van der Waals surface area (Å²) in [6, 6.07) is 7.00. The number of ether oxygens (including phenoxy) is 1. The van der Waals surface area contributed by atoms with Crippen molar-refractivity contribution in [3.8, 4) is 5.75 Å². The van der Waals surface area contributed by atoms with Crippen molar-refractivity contribution in [2.45, 2.75) is 25.3 Å². The number of aryl methyl sites for hydroxylation is 1. The number of amides is 4. The van der Waals surface area contributed by atoms with E-state index in [0.29, 0.717) is 25.9 Å². The highest BCUT2D eigenvalue weighted by Gasteiger charge is 2.48. The normalized spacial score (nSPS) is 18.6. The molecule has 1 aromatic rings. The first-order valence-electron chi connectivity index (χ1n) is 9.11. The number of rotatable bonds is 10. The standard InChI is InChI=1S/C21H27N3O4/c1-5-13-23(14-6-2)18(25)15-24-19(26)21(3,22-20(24)27)12-11-16-7-9-17(28-4)10-8-16/h5-10H,1-2,11-15H2,3-4H3,(H,22,27)/t21-/m1/s1. The minimum atomic E-state index is -1.04. The molecule has 1 N–H and O–H groups in total. The van der Waals surface area contributed by atoms with Crippen LogP contribution in [0.1, 0.15) is 18.9 Å². The van der Waals surface area contributed by atoms with Gasteiger partial charge in [-0.25, -0.2) is 4.79 Å². The molecule has 0 radical (unpaired) electrons. The predicted molar refractivity (Wildman–Crippen MR) is 107 cm³/mol. The van der Waals surface area contributed by atoms with Gasteiger partial charge in [0.25, 0.3) is 5.91 Å². The number of imide groups is 1. The van der Waals surface area contributed by atoms with Crippen LogP contribution in [0.2, 0.25) is 0 Å². The van der Waals surface area contributed by atoms with Gasteiger partial charge in [-0.15, -0.1) is 13.2 Å². The summed E-state index contributed by atoms with van der Waals surface area (Å²) >= 11 is 0. The Labute approximate surface area is 165 Å². The second-order valence-corrected chi connectivity index (χ2v) is 6.88. The molecule has 7 heteroatoms. The molecule has 1 aliphatic rings. The smallest absolute Gasteiger partial charge is 0.325 e. The van der Waals surface area contributed by atoms with E-state index in [2.05, 4.69) is 18.5 Å². The highest BCUT2D eigenvalue weighted by Crippen LogP contribution is 2.24. The van der Waals surface area contributed by atoms with Gasteiger partial charge in [-0.3, -0.25) is 14.5 Å². The Morgan fingerprint density at radius 1 is 1.21 bits per heavy atom. The van der Waals surface area contributed by atoms with Crippen LogP contribution in [0.5, 0.6) is 5.75 Å². The molecule has 4 amide bonds. The molecule has 0 spiro atoms. The first-order valence-corrected chi connectivity index (χ1v) is 9.11. The molecule has 0 saturated carbocycles. The highest BCUT2D eigenvalue weighted by molar-refractivity contribution is 6.08. The lowest BCUT2D eigenvalue weighted by Gasteiger charge is -2.23. The third-order valence-electron chi connectivity index (χ3n) is 4.76. The largest absolute Gasteiger partial charge is 0.497 e. The number of carbonyl (C=O) groups is 3. The predicted octanol–water partition coefficient (Wildman–Crippen LogP) is 2.14. The summed E-state index contributed by atoms with van der Waals surface area (Å²) in [6.07, 6.45) is 4.21. The zero-order valence-corrected chi connectivity index (χ0v) is 16.4. The summed E-state index contributed by atoms with van der Waals surface area (Å²) in [5, 5.41) is 2.73. The zero-order chi connectivity index (χ0) is 20.7. The monoisotopic (exact) mass is 385 g/mol. The van der Waals surface area contributed by atoms with Crippen LogP contribution < -0.4 is 10.1 Å². The Morgan fingerprint density at radius 3 is 2.36 bits per heavy atom. The Hall–Kier alpha value is -3.09. The topological polar surface area (TPSA) is 79.0 Å².